The molecule has 0 spiro atoms. The molecule has 0 bridgehead atoms. The van der Waals surface area contributed by atoms with E-state index < -0.39 is 8.32 Å². The van der Waals surface area contributed by atoms with Crippen LogP contribution in [-0.2, 0) is 4.43 Å². The molecule has 2 rings (SSSR count). The molecule has 0 saturated heterocycles. The Balaban J connectivity index is 2.18. The Kier molecular flexibility index (Phi) is 6.54. The zero-order valence-corrected chi connectivity index (χ0v) is 20.3. The lowest BCUT2D eigenvalue weighted by atomic mass is 9.65. The maximum Gasteiger partial charge on any atom is 0.191 e. The minimum atomic E-state index is -1.70. The minimum absolute atomic E-state index is 0.0478. The third-order valence-corrected chi connectivity index (χ3v) is 11.8. The van der Waals surface area contributed by atoms with Gasteiger partial charge in [0.05, 0.1) is 0 Å². The van der Waals surface area contributed by atoms with Gasteiger partial charge in [0.2, 0.25) is 0 Å². The zero-order valence-electron chi connectivity index (χ0n) is 19.3. The van der Waals surface area contributed by atoms with Crippen LogP contribution in [0.5, 0.6) is 0 Å². The van der Waals surface area contributed by atoms with Gasteiger partial charge in [0.15, 0.2) is 8.32 Å². The third-order valence-electron chi connectivity index (χ3n) is 7.33. The summed E-state index contributed by atoms with van der Waals surface area (Å²) in [5.41, 5.74) is 3.27. The summed E-state index contributed by atoms with van der Waals surface area (Å²) >= 11 is 0. The van der Waals surface area contributed by atoms with Crippen LogP contribution >= 0.6 is 0 Å². The summed E-state index contributed by atoms with van der Waals surface area (Å²) in [5.74, 6) is 0.584. The maximum absolute atomic E-state index is 6.64. The van der Waals surface area contributed by atoms with Gasteiger partial charge < -0.3 is 4.43 Å². The molecule has 0 radical (unpaired) electrons. The van der Waals surface area contributed by atoms with Crippen molar-refractivity contribution < 1.29 is 4.43 Å². The molecule has 152 valence electrons. The van der Waals surface area contributed by atoms with Crippen molar-refractivity contribution >= 4 is 8.32 Å². The van der Waals surface area contributed by atoms with E-state index in [0.29, 0.717) is 5.92 Å². The number of rotatable bonds is 5. The molecule has 0 heterocycles. The predicted octanol–water partition coefficient (Wildman–Crippen LogP) is 7.84. The standard InChI is InChI=1S/C25H42OSi/c1-20-13-14-21(19-26-27(8,9)23(2,3)4)24(5,6)22(20)15-18-25(7)16-11-10-12-17-25/h11-12,15-18,21H,10,13-14,19H2,1-9H3/b18-15+. The molecule has 0 amide bonds. The van der Waals surface area contributed by atoms with Crippen molar-refractivity contribution in [3.63, 3.8) is 0 Å². The highest BCUT2D eigenvalue weighted by molar-refractivity contribution is 6.74. The van der Waals surface area contributed by atoms with Crippen molar-refractivity contribution in [3.8, 4) is 0 Å². The van der Waals surface area contributed by atoms with Crippen molar-refractivity contribution in [1.29, 1.82) is 0 Å². The Bertz CT molecular complexity index is 640. The second-order valence-corrected chi connectivity index (χ2v) is 15.8. The summed E-state index contributed by atoms with van der Waals surface area (Å²) in [5, 5.41) is 0.272. The van der Waals surface area contributed by atoms with Gasteiger partial charge in [0.25, 0.3) is 0 Å². The fourth-order valence-electron chi connectivity index (χ4n) is 3.98. The largest absolute Gasteiger partial charge is 0.417 e. The van der Waals surface area contributed by atoms with Crippen molar-refractivity contribution in [1.82, 2.24) is 0 Å². The molecule has 0 aromatic carbocycles. The van der Waals surface area contributed by atoms with E-state index in [0.717, 1.165) is 13.0 Å². The summed E-state index contributed by atoms with van der Waals surface area (Å²) < 4.78 is 6.64. The van der Waals surface area contributed by atoms with E-state index in [-0.39, 0.29) is 15.9 Å². The lowest BCUT2D eigenvalue weighted by Gasteiger charge is -2.44. The van der Waals surface area contributed by atoms with Gasteiger partial charge in [-0.25, -0.2) is 0 Å². The monoisotopic (exact) mass is 386 g/mol. The van der Waals surface area contributed by atoms with Gasteiger partial charge in [0, 0.05) is 12.0 Å². The molecule has 2 aliphatic rings. The van der Waals surface area contributed by atoms with Crippen molar-refractivity contribution in [2.75, 3.05) is 6.61 Å². The normalized spacial score (nSPS) is 25.4. The van der Waals surface area contributed by atoms with Crippen molar-refractivity contribution in [2.24, 2.45) is 16.7 Å². The van der Waals surface area contributed by atoms with Crippen LogP contribution in [0.1, 0.15) is 67.7 Å². The van der Waals surface area contributed by atoms with Gasteiger partial charge in [-0.05, 0) is 68.1 Å². The number of allylic oxidation sites excluding steroid dienone is 8. The summed E-state index contributed by atoms with van der Waals surface area (Å²) in [6.07, 6.45) is 17.5. The average Bonchev–Trinajstić information content (AvgIpc) is 2.53. The molecule has 0 aromatic heterocycles. The van der Waals surface area contributed by atoms with Gasteiger partial charge in [-0.2, -0.15) is 0 Å². The quantitative estimate of drug-likeness (QED) is 0.345. The van der Waals surface area contributed by atoms with E-state index in [4.69, 9.17) is 4.43 Å². The van der Waals surface area contributed by atoms with Crippen LogP contribution in [0.15, 0.2) is 47.6 Å². The van der Waals surface area contributed by atoms with Gasteiger partial charge in [-0.15, -0.1) is 0 Å². The molecule has 2 aliphatic carbocycles. The Morgan fingerprint density at radius 3 is 2.30 bits per heavy atom. The Hall–Kier alpha value is -0.863. The molecule has 1 atom stereocenters. The van der Waals surface area contributed by atoms with Crippen molar-refractivity contribution in [2.45, 2.75) is 85.9 Å². The molecular weight excluding hydrogens is 344 g/mol. The smallest absolute Gasteiger partial charge is 0.191 e. The van der Waals surface area contributed by atoms with Crippen LogP contribution in [0.4, 0.5) is 0 Å². The summed E-state index contributed by atoms with van der Waals surface area (Å²) in [4.78, 5) is 0. The summed E-state index contributed by atoms with van der Waals surface area (Å²) in [7, 11) is -1.70. The van der Waals surface area contributed by atoms with Crippen LogP contribution < -0.4 is 0 Å². The van der Waals surface area contributed by atoms with Crippen molar-refractivity contribution in [3.05, 3.63) is 47.6 Å². The van der Waals surface area contributed by atoms with Crippen LogP contribution in [0, 0.1) is 16.7 Å². The molecule has 0 N–H and O–H groups in total. The van der Waals surface area contributed by atoms with Crippen LogP contribution in [-0.4, -0.2) is 14.9 Å². The fourth-order valence-corrected chi connectivity index (χ4v) is 5.03. The first-order valence-corrected chi connectivity index (χ1v) is 13.6. The van der Waals surface area contributed by atoms with E-state index >= 15 is 0 Å². The lowest BCUT2D eigenvalue weighted by Crippen LogP contribution is -2.44. The molecule has 0 fully saturated rings. The minimum Gasteiger partial charge on any atom is -0.417 e. The van der Waals surface area contributed by atoms with Gasteiger partial charge in [-0.1, -0.05) is 76.6 Å². The molecule has 1 nitrogen and oxygen atoms in total. The molecule has 0 aromatic rings. The molecule has 1 unspecified atom stereocenters. The highest BCUT2D eigenvalue weighted by atomic mass is 28.4. The predicted molar refractivity (Wildman–Crippen MR) is 122 cm³/mol. The highest BCUT2D eigenvalue weighted by Gasteiger charge is 2.41. The second-order valence-electron chi connectivity index (χ2n) is 11.0. The van der Waals surface area contributed by atoms with Gasteiger partial charge >= 0.3 is 0 Å². The fraction of sp³-hybridized carbons (Fsp3) is 0.680. The summed E-state index contributed by atoms with van der Waals surface area (Å²) in [6.45, 7) is 22.1. The maximum atomic E-state index is 6.64. The SMILES string of the molecule is CC1=C(/C=C/C2(C)C=CCC=C2)C(C)(C)C(CO[Si](C)(C)C(C)(C)C)CC1. The van der Waals surface area contributed by atoms with Crippen LogP contribution in [0.2, 0.25) is 18.1 Å². The topological polar surface area (TPSA) is 9.23 Å². The molecule has 2 heteroatoms. The number of hydrogen-bond acceptors (Lipinski definition) is 1. The molecule has 0 saturated carbocycles. The van der Waals surface area contributed by atoms with E-state index in [2.05, 4.69) is 98.0 Å². The molecule has 27 heavy (non-hydrogen) atoms. The van der Waals surface area contributed by atoms with E-state index in [1.54, 1.807) is 5.57 Å². The highest BCUT2D eigenvalue weighted by Crippen LogP contribution is 2.47. The average molecular weight is 387 g/mol. The van der Waals surface area contributed by atoms with E-state index in [1.165, 1.54) is 18.4 Å². The zero-order chi connectivity index (χ0) is 20.5. The summed E-state index contributed by atoms with van der Waals surface area (Å²) in [6, 6.07) is 0. The Morgan fingerprint density at radius 2 is 1.74 bits per heavy atom. The van der Waals surface area contributed by atoms with Crippen LogP contribution in [0.25, 0.3) is 0 Å². The first kappa shape index (κ1) is 22.4. The first-order valence-electron chi connectivity index (χ1n) is 10.7. The Labute approximate surface area is 169 Å². The van der Waals surface area contributed by atoms with E-state index in [1.807, 2.05) is 0 Å². The van der Waals surface area contributed by atoms with E-state index in [9.17, 15) is 0 Å². The number of hydrogen-bond donors (Lipinski definition) is 0. The first-order chi connectivity index (χ1) is 12.3. The van der Waals surface area contributed by atoms with Gasteiger partial charge in [-0.3, -0.25) is 0 Å². The Morgan fingerprint density at radius 1 is 1.15 bits per heavy atom. The lowest BCUT2D eigenvalue weighted by molar-refractivity contribution is 0.133. The second kappa shape index (κ2) is 7.87. The molecular formula is C25H42OSi. The molecule has 0 aliphatic heterocycles. The third kappa shape index (κ3) is 5.15. The van der Waals surface area contributed by atoms with Crippen LogP contribution in [0.3, 0.4) is 0 Å². The van der Waals surface area contributed by atoms with Gasteiger partial charge in [0.1, 0.15) is 0 Å².